The standard InChI is InChI=1S/C18H28N4O/c1-18(9-10-19-13-18)14-22-11-7-16(8-12-22)21-17(23)20-15-5-3-2-4-6-15/h2-6,16,19H,7-14H2,1H3,(H2,20,21,23). The number of nitrogens with zero attached hydrogens (tertiary/aromatic N) is 1. The van der Waals surface area contributed by atoms with Gasteiger partial charge < -0.3 is 20.9 Å². The molecular weight excluding hydrogens is 288 g/mol. The number of hydrogen-bond acceptors (Lipinski definition) is 3. The second-order valence-electron chi connectivity index (χ2n) is 7.25. The quantitative estimate of drug-likeness (QED) is 0.799. The minimum atomic E-state index is -0.0957. The van der Waals surface area contributed by atoms with E-state index in [9.17, 15) is 4.79 Å². The first kappa shape index (κ1) is 16.3. The van der Waals surface area contributed by atoms with Crippen molar-refractivity contribution in [3.05, 3.63) is 30.3 Å². The third kappa shape index (κ3) is 4.69. The number of rotatable bonds is 4. The van der Waals surface area contributed by atoms with Crippen LogP contribution < -0.4 is 16.0 Å². The third-order valence-corrected chi connectivity index (χ3v) is 5.02. The Hall–Kier alpha value is -1.59. The molecule has 2 fully saturated rings. The first-order valence-corrected chi connectivity index (χ1v) is 8.69. The van der Waals surface area contributed by atoms with Crippen LogP contribution in [0, 0.1) is 5.41 Å². The van der Waals surface area contributed by atoms with E-state index in [0.717, 1.165) is 44.7 Å². The predicted octanol–water partition coefficient (Wildman–Crippen LogP) is 2.27. The summed E-state index contributed by atoms with van der Waals surface area (Å²) in [6.07, 6.45) is 3.34. The number of urea groups is 1. The molecule has 5 heteroatoms. The second kappa shape index (κ2) is 7.32. The normalized spacial score (nSPS) is 26.1. The highest BCUT2D eigenvalue weighted by atomic mass is 16.2. The molecule has 0 radical (unpaired) electrons. The summed E-state index contributed by atoms with van der Waals surface area (Å²) < 4.78 is 0. The molecule has 1 aromatic carbocycles. The Morgan fingerprint density at radius 1 is 1.30 bits per heavy atom. The van der Waals surface area contributed by atoms with Crippen LogP contribution in [0.15, 0.2) is 30.3 Å². The first-order valence-electron chi connectivity index (χ1n) is 8.69. The van der Waals surface area contributed by atoms with Crippen LogP contribution in [0.3, 0.4) is 0 Å². The number of likely N-dealkylation sites (tertiary alicyclic amines) is 1. The highest BCUT2D eigenvalue weighted by molar-refractivity contribution is 5.89. The number of piperidine rings is 1. The molecule has 1 atom stereocenters. The maximum absolute atomic E-state index is 12.0. The van der Waals surface area contributed by atoms with Crippen molar-refractivity contribution in [1.82, 2.24) is 15.5 Å². The summed E-state index contributed by atoms with van der Waals surface area (Å²) in [7, 11) is 0. The molecule has 5 nitrogen and oxygen atoms in total. The van der Waals surface area contributed by atoms with E-state index in [2.05, 4.69) is 27.8 Å². The van der Waals surface area contributed by atoms with Gasteiger partial charge in [0.1, 0.15) is 0 Å². The van der Waals surface area contributed by atoms with Gasteiger partial charge in [-0.1, -0.05) is 25.1 Å². The Labute approximate surface area is 138 Å². The molecule has 0 saturated carbocycles. The van der Waals surface area contributed by atoms with Crippen molar-refractivity contribution in [3.8, 4) is 0 Å². The van der Waals surface area contributed by atoms with E-state index in [-0.39, 0.29) is 12.1 Å². The Balaban J connectivity index is 1.39. The maximum atomic E-state index is 12.0. The number of carbonyl (C=O) groups excluding carboxylic acids is 1. The lowest BCUT2D eigenvalue weighted by Gasteiger charge is -2.37. The summed E-state index contributed by atoms with van der Waals surface area (Å²) in [5.74, 6) is 0. The molecule has 2 aliphatic rings. The number of nitrogens with one attached hydrogen (secondary N) is 3. The highest BCUT2D eigenvalue weighted by Gasteiger charge is 2.32. The van der Waals surface area contributed by atoms with E-state index in [0.29, 0.717) is 5.41 Å². The van der Waals surface area contributed by atoms with Crippen LogP contribution in [0.1, 0.15) is 26.2 Å². The van der Waals surface area contributed by atoms with Crippen molar-refractivity contribution in [2.45, 2.75) is 32.2 Å². The van der Waals surface area contributed by atoms with Crippen molar-refractivity contribution in [1.29, 1.82) is 0 Å². The average Bonchev–Trinajstić information content (AvgIpc) is 2.96. The smallest absolute Gasteiger partial charge is 0.319 e. The van der Waals surface area contributed by atoms with Crippen molar-refractivity contribution in [2.75, 3.05) is 38.0 Å². The molecule has 0 bridgehead atoms. The summed E-state index contributed by atoms with van der Waals surface area (Å²) in [5, 5.41) is 9.46. The fourth-order valence-corrected chi connectivity index (χ4v) is 3.65. The van der Waals surface area contributed by atoms with Gasteiger partial charge in [-0.25, -0.2) is 4.79 Å². The van der Waals surface area contributed by atoms with E-state index < -0.39 is 0 Å². The SMILES string of the molecule is CC1(CN2CCC(NC(=O)Nc3ccccc3)CC2)CCNC1. The molecule has 2 amide bonds. The van der Waals surface area contributed by atoms with Gasteiger partial charge in [0.15, 0.2) is 0 Å². The molecule has 126 valence electrons. The molecule has 1 unspecified atom stereocenters. The monoisotopic (exact) mass is 316 g/mol. The van der Waals surface area contributed by atoms with Crippen LogP contribution in [-0.4, -0.2) is 49.7 Å². The van der Waals surface area contributed by atoms with Crippen molar-refractivity contribution in [2.24, 2.45) is 5.41 Å². The predicted molar refractivity (Wildman–Crippen MR) is 93.7 cm³/mol. The second-order valence-corrected chi connectivity index (χ2v) is 7.25. The number of hydrogen-bond donors (Lipinski definition) is 3. The number of carbonyl (C=O) groups is 1. The van der Waals surface area contributed by atoms with Crippen molar-refractivity contribution < 1.29 is 4.79 Å². The summed E-state index contributed by atoms with van der Waals surface area (Å²) >= 11 is 0. The van der Waals surface area contributed by atoms with Crippen LogP contribution in [0.2, 0.25) is 0 Å². The highest BCUT2D eigenvalue weighted by Crippen LogP contribution is 2.27. The minimum absolute atomic E-state index is 0.0957. The molecule has 3 rings (SSSR count). The van der Waals surface area contributed by atoms with Gasteiger partial charge >= 0.3 is 6.03 Å². The summed E-state index contributed by atoms with van der Waals surface area (Å²) in [5.41, 5.74) is 1.26. The van der Waals surface area contributed by atoms with Crippen LogP contribution in [0.25, 0.3) is 0 Å². The largest absolute Gasteiger partial charge is 0.335 e. The van der Waals surface area contributed by atoms with Crippen molar-refractivity contribution in [3.63, 3.8) is 0 Å². The Bertz CT molecular complexity index is 505. The molecule has 0 aliphatic carbocycles. The number of para-hydroxylation sites is 1. The first-order chi connectivity index (χ1) is 11.1. The van der Waals surface area contributed by atoms with Gasteiger partial charge in [0.05, 0.1) is 0 Å². The van der Waals surface area contributed by atoms with Crippen molar-refractivity contribution >= 4 is 11.7 Å². The molecule has 2 heterocycles. The van der Waals surface area contributed by atoms with E-state index in [4.69, 9.17) is 0 Å². The van der Waals surface area contributed by atoms with Crippen LogP contribution in [0.4, 0.5) is 10.5 Å². The van der Waals surface area contributed by atoms with Gasteiger partial charge in [0.25, 0.3) is 0 Å². The summed E-state index contributed by atoms with van der Waals surface area (Å²) in [4.78, 5) is 14.6. The zero-order valence-corrected chi connectivity index (χ0v) is 14.0. The molecule has 1 aromatic rings. The van der Waals surface area contributed by atoms with Gasteiger partial charge in [-0.2, -0.15) is 0 Å². The number of anilines is 1. The molecule has 2 aliphatic heterocycles. The Kier molecular flexibility index (Phi) is 5.18. The zero-order valence-electron chi connectivity index (χ0n) is 14.0. The topological polar surface area (TPSA) is 56.4 Å². The molecule has 3 N–H and O–H groups in total. The van der Waals surface area contributed by atoms with E-state index in [1.165, 1.54) is 13.0 Å². The van der Waals surface area contributed by atoms with Crippen LogP contribution >= 0.6 is 0 Å². The maximum Gasteiger partial charge on any atom is 0.319 e. The molecule has 2 saturated heterocycles. The van der Waals surface area contributed by atoms with Gasteiger partial charge in [-0.3, -0.25) is 0 Å². The van der Waals surface area contributed by atoms with E-state index in [1.54, 1.807) is 0 Å². The van der Waals surface area contributed by atoms with Gasteiger partial charge in [-0.05, 0) is 43.4 Å². The van der Waals surface area contributed by atoms with Crippen LogP contribution in [0.5, 0.6) is 0 Å². The molecular formula is C18H28N4O. The van der Waals surface area contributed by atoms with E-state index >= 15 is 0 Å². The third-order valence-electron chi connectivity index (χ3n) is 5.02. The average molecular weight is 316 g/mol. The van der Waals surface area contributed by atoms with E-state index in [1.807, 2.05) is 30.3 Å². The summed E-state index contributed by atoms with van der Waals surface area (Å²) in [6, 6.07) is 9.78. The lowest BCUT2D eigenvalue weighted by Crippen LogP contribution is -2.48. The van der Waals surface area contributed by atoms with Gasteiger partial charge in [0, 0.05) is 37.9 Å². The lowest BCUT2D eigenvalue weighted by molar-refractivity contribution is 0.139. The fraction of sp³-hybridized carbons (Fsp3) is 0.611. The molecule has 0 spiro atoms. The fourth-order valence-electron chi connectivity index (χ4n) is 3.65. The lowest BCUT2D eigenvalue weighted by atomic mass is 9.88. The van der Waals surface area contributed by atoms with Gasteiger partial charge in [-0.15, -0.1) is 0 Å². The minimum Gasteiger partial charge on any atom is -0.335 e. The molecule has 23 heavy (non-hydrogen) atoms. The molecule has 0 aromatic heterocycles. The van der Waals surface area contributed by atoms with Gasteiger partial charge in [0.2, 0.25) is 0 Å². The number of benzene rings is 1. The zero-order chi connectivity index (χ0) is 16.1. The summed E-state index contributed by atoms with van der Waals surface area (Å²) in [6.45, 7) is 7.98. The van der Waals surface area contributed by atoms with Crippen LogP contribution in [-0.2, 0) is 0 Å². The Morgan fingerprint density at radius 3 is 2.70 bits per heavy atom. The number of amides is 2. The Morgan fingerprint density at radius 2 is 2.04 bits per heavy atom.